The van der Waals surface area contributed by atoms with Crippen molar-refractivity contribution in [2.45, 2.75) is 58.9 Å². The average molecular weight is 249 g/mol. The van der Waals surface area contributed by atoms with Crippen LogP contribution in [0.4, 0.5) is 0 Å². The van der Waals surface area contributed by atoms with E-state index < -0.39 is 0 Å². The van der Waals surface area contributed by atoms with Crippen molar-refractivity contribution in [3.8, 4) is 0 Å². The molecule has 3 nitrogen and oxygen atoms in total. The van der Waals surface area contributed by atoms with E-state index in [1.54, 1.807) is 0 Å². The van der Waals surface area contributed by atoms with Crippen LogP contribution in [0.5, 0.6) is 0 Å². The summed E-state index contributed by atoms with van der Waals surface area (Å²) in [5.41, 5.74) is 4.06. The Hall–Kier alpha value is -0.830. The van der Waals surface area contributed by atoms with Gasteiger partial charge in [0, 0.05) is 5.69 Å². The maximum Gasteiger partial charge on any atom is 0.0629 e. The fourth-order valence-electron chi connectivity index (χ4n) is 3.29. The van der Waals surface area contributed by atoms with Crippen molar-refractivity contribution in [2.24, 2.45) is 5.92 Å². The summed E-state index contributed by atoms with van der Waals surface area (Å²) in [7, 11) is 2.01. The molecule has 102 valence electrons. The fraction of sp³-hybridized carbons (Fsp3) is 0.800. The van der Waals surface area contributed by atoms with E-state index in [1.807, 2.05) is 7.05 Å². The molecule has 1 fully saturated rings. The first-order chi connectivity index (χ1) is 8.63. The average Bonchev–Trinajstić information content (AvgIpc) is 2.63. The van der Waals surface area contributed by atoms with Crippen LogP contribution < -0.4 is 5.32 Å². The van der Waals surface area contributed by atoms with Crippen molar-refractivity contribution < 1.29 is 0 Å². The minimum atomic E-state index is 0.635. The lowest BCUT2D eigenvalue weighted by molar-refractivity contribution is 0.263. The summed E-state index contributed by atoms with van der Waals surface area (Å²) in [6.07, 6.45) is 6.44. The summed E-state index contributed by atoms with van der Waals surface area (Å²) in [5.74, 6) is 0.855. The summed E-state index contributed by atoms with van der Waals surface area (Å²) < 4.78 is 2.32. The third-order valence-electron chi connectivity index (χ3n) is 4.35. The monoisotopic (exact) mass is 249 g/mol. The molecule has 2 rings (SSSR count). The maximum atomic E-state index is 4.81. The second-order valence-electron chi connectivity index (χ2n) is 5.87. The summed E-state index contributed by atoms with van der Waals surface area (Å²) in [6, 6.07) is 0.635. The number of likely N-dealkylation sites (N-methyl/N-ethyl adjacent to an activating group) is 1. The van der Waals surface area contributed by atoms with E-state index in [9.17, 15) is 0 Å². The predicted molar refractivity (Wildman–Crippen MR) is 76.0 cm³/mol. The number of hydrogen-bond donors (Lipinski definition) is 1. The molecule has 1 aliphatic rings. The van der Waals surface area contributed by atoms with Gasteiger partial charge in [0.05, 0.1) is 11.7 Å². The van der Waals surface area contributed by atoms with Crippen LogP contribution >= 0.6 is 0 Å². The Morgan fingerprint density at radius 2 is 2.11 bits per heavy atom. The highest BCUT2D eigenvalue weighted by atomic mass is 15.3. The van der Waals surface area contributed by atoms with Gasteiger partial charge in [0.1, 0.15) is 0 Å². The first-order valence-corrected chi connectivity index (χ1v) is 7.32. The smallest absolute Gasteiger partial charge is 0.0629 e. The molecule has 1 aliphatic carbocycles. The molecule has 1 N–H and O–H groups in total. The minimum Gasteiger partial charge on any atom is -0.319 e. The lowest BCUT2D eigenvalue weighted by Gasteiger charge is -2.28. The molecular weight excluding hydrogens is 222 g/mol. The van der Waals surface area contributed by atoms with Crippen LogP contribution in [0.15, 0.2) is 0 Å². The largest absolute Gasteiger partial charge is 0.319 e. The molecule has 3 heteroatoms. The number of hydrogen-bond acceptors (Lipinski definition) is 2. The Morgan fingerprint density at radius 1 is 1.33 bits per heavy atom. The molecule has 0 amide bonds. The van der Waals surface area contributed by atoms with Crippen LogP contribution in [-0.4, -0.2) is 23.4 Å². The molecule has 2 unspecified atom stereocenters. The normalized spacial score (nSPS) is 24.4. The molecule has 0 spiro atoms. The number of aryl methyl sites for hydroxylation is 1. The van der Waals surface area contributed by atoms with Crippen molar-refractivity contribution in [3.05, 3.63) is 17.0 Å². The first-order valence-electron chi connectivity index (χ1n) is 7.32. The topological polar surface area (TPSA) is 29.9 Å². The van der Waals surface area contributed by atoms with Gasteiger partial charge in [0.15, 0.2) is 0 Å². The van der Waals surface area contributed by atoms with Gasteiger partial charge in [0.2, 0.25) is 0 Å². The molecule has 0 aromatic carbocycles. The van der Waals surface area contributed by atoms with E-state index in [4.69, 9.17) is 5.10 Å². The van der Waals surface area contributed by atoms with E-state index >= 15 is 0 Å². The Morgan fingerprint density at radius 3 is 2.78 bits per heavy atom. The highest BCUT2D eigenvalue weighted by Gasteiger charge is 2.23. The lowest BCUT2D eigenvalue weighted by atomic mass is 9.87. The van der Waals surface area contributed by atoms with Gasteiger partial charge in [-0.3, -0.25) is 4.68 Å². The van der Waals surface area contributed by atoms with E-state index in [-0.39, 0.29) is 0 Å². The lowest BCUT2D eigenvalue weighted by Crippen LogP contribution is -2.20. The van der Waals surface area contributed by atoms with Crippen LogP contribution in [0.1, 0.15) is 55.6 Å². The summed E-state index contributed by atoms with van der Waals surface area (Å²) in [5, 5.41) is 8.04. The van der Waals surface area contributed by atoms with Gasteiger partial charge in [-0.05, 0) is 58.2 Å². The molecule has 18 heavy (non-hydrogen) atoms. The minimum absolute atomic E-state index is 0.635. The first kappa shape index (κ1) is 13.6. The van der Waals surface area contributed by atoms with Crippen LogP contribution in [-0.2, 0) is 6.42 Å². The SMILES string of the molecule is CNCCc1c(C)nn(C2CCCC(C)C2)c1C. The summed E-state index contributed by atoms with van der Waals surface area (Å²) >= 11 is 0. The van der Waals surface area contributed by atoms with Gasteiger partial charge in [-0.15, -0.1) is 0 Å². The zero-order chi connectivity index (χ0) is 13.1. The number of nitrogens with one attached hydrogen (secondary N) is 1. The highest BCUT2D eigenvalue weighted by molar-refractivity contribution is 5.25. The summed E-state index contributed by atoms with van der Waals surface area (Å²) in [4.78, 5) is 0. The number of nitrogens with zero attached hydrogens (tertiary/aromatic N) is 2. The zero-order valence-electron chi connectivity index (χ0n) is 12.3. The molecule has 0 bridgehead atoms. The van der Waals surface area contributed by atoms with Gasteiger partial charge in [0.25, 0.3) is 0 Å². The zero-order valence-corrected chi connectivity index (χ0v) is 12.3. The van der Waals surface area contributed by atoms with Crippen molar-refractivity contribution >= 4 is 0 Å². The highest BCUT2D eigenvalue weighted by Crippen LogP contribution is 2.33. The molecule has 1 aromatic rings. The van der Waals surface area contributed by atoms with Gasteiger partial charge < -0.3 is 5.32 Å². The van der Waals surface area contributed by atoms with Gasteiger partial charge in [-0.25, -0.2) is 0 Å². The van der Waals surface area contributed by atoms with Crippen LogP contribution in [0.2, 0.25) is 0 Å². The Labute approximate surface area is 111 Å². The Kier molecular flexibility index (Phi) is 4.44. The van der Waals surface area contributed by atoms with Crippen LogP contribution in [0, 0.1) is 19.8 Å². The molecule has 0 aliphatic heterocycles. The van der Waals surface area contributed by atoms with Gasteiger partial charge >= 0.3 is 0 Å². The second-order valence-corrected chi connectivity index (χ2v) is 5.87. The number of aromatic nitrogens is 2. The molecule has 0 radical (unpaired) electrons. The Balaban J connectivity index is 2.17. The maximum absolute atomic E-state index is 4.81. The predicted octanol–water partition coefficient (Wildman–Crippen LogP) is 3.01. The van der Waals surface area contributed by atoms with Crippen molar-refractivity contribution in [3.63, 3.8) is 0 Å². The van der Waals surface area contributed by atoms with Crippen molar-refractivity contribution in [2.75, 3.05) is 13.6 Å². The molecule has 1 heterocycles. The molecule has 0 saturated heterocycles. The van der Waals surface area contributed by atoms with E-state index in [1.165, 1.54) is 42.6 Å². The quantitative estimate of drug-likeness (QED) is 0.889. The van der Waals surface area contributed by atoms with Crippen molar-refractivity contribution in [1.82, 2.24) is 15.1 Å². The molecule has 2 atom stereocenters. The van der Waals surface area contributed by atoms with E-state index in [0.29, 0.717) is 6.04 Å². The standard InChI is InChI=1S/C15H27N3/c1-11-6-5-7-14(10-11)18-13(3)15(8-9-16-4)12(2)17-18/h11,14,16H,5-10H2,1-4H3. The Bertz CT molecular complexity index is 395. The molecule has 1 aromatic heterocycles. The van der Waals surface area contributed by atoms with Gasteiger partial charge in [-0.2, -0.15) is 5.10 Å². The molecule has 1 saturated carbocycles. The van der Waals surface area contributed by atoms with Crippen molar-refractivity contribution in [1.29, 1.82) is 0 Å². The van der Waals surface area contributed by atoms with Crippen LogP contribution in [0.3, 0.4) is 0 Å². The van der Waals surface area contributed by atoms with Gasteiger partial charge in [-0.1, -0.05) is 19.8 Å². The fourth-order valence-corrected chi connectivity index (χ4v) is 3.29. The number of rotatable bonds is 4. The third kappa shape index (κ3) is 2.77. The van der Waals surface area contributed by atoms with E-state index in [0.717, 1.165) is 18.9 Å². The molecular formula is C15H27N3. The summed E-state index contributed by atoms with van der Waals surface area (Å²) in [6.45, 7) is 7.80. The second kappa shape index (κ2) is 5.87. The third-order valence-corrected chi connectivity index (χ3v) is 4.35. The van der Waals surface area contributed by atoms with E-state index in [2.05, 4.69) is 30.8 Å². The van der Waals surface area contributed by atoms with Crippen LogP contribution in [0.25, 0.3) is 0 Å².